The van der Waals surface area contributed by atoms with Gasteiger partial charge in [-0.25, -0.2) is 0 Å². The SMILES string of the molecule is NC(=O)[C@@H]1CCCN(CCCNC(=O)c2ccccc2Oc2ccccc2)C1. The lowest BCUT2D eigenvalue weighted by Gasteiger charge is -2.31. The van der Waals surface area contributed by atoms with Crippen molar-refractivity contribution in [3.63, 3.8) is 0 Å². The summed E-state index contributed by atoms with van der Waals surface area (Å²) in [6, 6.07) is 16.6. The van der Waals surface area contributed by atoms with E-state index in [1.54, 1.807) is 12.1 Å². The van der Waals surface area contributed by atoms with Crippen LogP contribution >= 0.6 is 0 Å². The van der Waals surface area contributed by atoms with Crippen molar-refractivity contribution in [2.45, 2.75) is 19.3 Å². The highest BCUT2D eigenvalue weighted by molar-refractivity contribution is 5.97. The number of para-hydroxylation sites is 2. The molecule has 2 aromatic carbocycles. The quantitative estimate of drug-likeness (QED) is 0.689. The van der Waals surface area contributed by atoms with Crippen LogP contribution in [0, 0.1) is 5.92 Å². The first kappa shape index (κ1) is 19.9. The van der Waals surface area contributed by atoms with E-state index >= 15 is 0 Å². The maximum atomic E-state index is 12.6. The van der Waals surface area contributed by atoms with Crippen molar-refractivity contribution in [2.75, 3.05) is 26.2 Å². The number of likely N-dealkylation sites (tertiary alicyclic amines) is 1. The first-order chi connectivity index (χ1) is 13.6. The van der Waals surface area contributed by atoms with E-state index in [1.807, 2.05) is 42.5 Å². The van der Waals surface area contributed by atoms with Gasteiger partial charge in [-0.15, -0.1) is 0 Å². The summed E-state index contributed by atoms with van der Waals surface area (Å²) in [6.07, 6.45) is 2.68. The van der Waals surface area contributed by atoms with Gasteiger partial charge in [-0.1, -0.05) is 30.3 Å². The van der Waals surface area contributed by atoms with Crippen LogP contribution in [0.5, 0.6) is 11.5 Å². The van der Waals surface area contributed by atoms with Crippen LogP contribution in [-0.4, -0.2) is 42.9 Å². The first-order valence-electron chi connectivity index (χ1n) is 9.75. The summed E-state index contributed by atoms with van der Waals surface area (Å²) < 4.78 is 5.85. The van der Waals surface area contributed by atoms with E-state index in [-0.39, 0.29) is 17.7 Å². The van der Waals surface area contributed by atoms with Crippen molar-refractivity contribution >= 4 is 11.8 Å². The molecular formula is C22H27N3O3. The Morgan fingerprint density at radius 1 is 1.11 bits per heavy atom. The van der Waals surface area contributed by atoms with Crippen molar-refractivity contribution in [3.05, 3.63) is 60.2 Å². The molecule has 1 fully saturated rings. The second-order valence-electron chi connectivity index (χ2n) is 7.06. The number of piperidine rings is 1. The van der Waals surface area contributed by atoms with Gasteiger partial charge >= 0.3 is 0 Å². The Hall–Kier alpha value is -2.86. The molecule has 0 unspecified atom stereocenters. The molecule has 0 radical (unpaired) electrons. The van der Waals surface area contributed by atoms with Gasteiger partial charge in [0.25, 0.3) is 5.91 Å². The Bertz CT molecular complexity index is 795. The minimum atomic E-state index is -0.215. The van der Waals surface area contributed by atoms with Crippen LogP contribution in [0.25, 0.3) is 0 Å². The molecule has 1 atom stereocenters. The molecule has 1 heterocycles. The number of amides is 2. The summed E-state index contributed by atoms with van der Waals surface area (Å²) in [6.45, 7) is 3.10. The van der Waals surface area contributed by atoms with Crippen LogP contribution < -0.4 is 15.8 Å². The molecule has 3 rings (SSSR count). The summed E-state index contributed by atoms with van der Waals surface area (Å²) >= 11 is 0. The predicted octanol–water partition coefficient (Wildman–Crippen LogP) is 2.80. The second kappa shape index (κ2) is 9.90. The molecule has 6 heteroatoms. The van der Waals surface area contributed by atoms with Gasteiger partial charge in [-0.05, 0) is 56.6 Å². The standard InChI is InChI=1S/C22H27N3O3/c23-21(26)17-8-6-14-25(16-17)15-7-13-24-22(27)19-11-4-5-12-20(19)28-18-9-2-1-3-10-18/h1-5,9-12,17H,6-8,13-16H2,(H2,23,26)(H,24,27)/t17-/m1/s1. The largest absolute Gasteiger partial charge is 0.457 e. The molecule has 6 nitrogen and oxygen atoms in total. The van der Waals surface area contributed by atoms with Crippen LogP contribution in [0.3, 0.4) is 0 Å². The summed E-state index contributed by atoms with van der Waals surface area (Å²) in [5.41, 5.74) is 5.94. The number of hydrogen-bond acceptors (Lipinski definition) is 4. The summed E-state index contributed by atoms with van der Waals surface area (Å²) in [5.74, 6) is 0.807. The lowest BCUT2D eigenvalue weighted by molar-refractivity contribution is -0.123. The van der Waals surface area contributed by atoms with Gasteiger partial charge < -0.3 is 20.7 Å². The predicted molar refractivity (Wildman–Crippen MR) is 108 cm³/mol. The van der Waals surface area contributed by atoms with Gasteiger partial charge in [-0.3, -0.25) is 9.59 Å². The topological polar surface area (TPSA) is 84.7 Å². The Kier molecular flexibility index (Phi) is 7.03. The highest BCUT2D eigenvalue weighted by Crippen LogP contribution is 2.25. The minimum Gasteiger partial charge on any atom is -0.457 e. The Labute approximate surface area is 165 Å². The molecule has 28 heavy (non-hydrogen) atoms. The van der Waals surface area contributed by atoms with Crippen LogP contribution in [0.15, 0.2) is 54.6 Å². The van der Waals surface area contributed by atoms with E-state index < -0.39 is 0 Å². The Morgan fingerprint density at radius 3 is 2.64 bits per heavy atom. The molecule has 3 N–H and O–H groups in total. The van der Waals surface area contributed by atoms with Crippen molar-refractivity contribution in [3.8, 4) is 11.5 Å². The van der Waals surface area contributed by atoms with Crippen LogP contribution in [0.1, 0.15) is 29.6 Å². The van der Waals surface area contributed by atoms with Gasteiger partial charge in [0.15, 0.2) is 0 Å². The number of nitrogens with zero attached hydrogens (tertiary/aromatic N) is 1. The third-order valence-corrected chi connectivity index (χ3v) is 4.95. The zero-order chi connectivity index (χ0) is 19.8. The number of carbonyl (C=O) groups is 2. The minimum absolute atomic E-state index is 0.0506. The molecule has 2 aromatic rings. The van der Waals surface area contributed by atoms with Crippen LogP contribution in [0.4, 0.5) is 0 Å². The number of nitrogens with two attached hydrogens (primary N) is 1. The highest BCUT2D eigenvalue weighted by Gasteiger charge is 2.23. The maximum Gasteiger partial charge on any atom is 0.255 e. The number of carbonyl (C=O) groups excluding carboxylic acids is 2. The number of hydrogen-bond donors (Lipinski definition) is 2. The number of rotatable bonds is 8. The fourth-order valence-corrected chi connectivity index (χ4v) is 3.45. The van der Waals surface area contributed by atoms with Gasteiger partial charge in [0.1, 0.15) is 11.5 Å². The van der Waals surface area contributed by atoms with Crippen molar-refractivity contribution in [2.24, 2.45) is 11.7 Å². The van der Waals surface area contributed by atoms with E-state index in [2.05, 4.69) is 10.2 Å². The number of nitrogens with one attached hydrogen (secondary N) is 1. The molecule has 1 saturated heterocycles. The highest BCUT2D eigenvalue weighted by atomic mass is 16.5. The first-order valence-corrected chi connectivity index (χ1v) is 9.75. The summed E-state index contributed by atoms with van der Waals surface area (Å²) in [4.78, 5) is 26.2. The molecule has 0 saturated carbocycles. The van der Waals surface area contributed by atoms with E-state index in [9.17, 15) is 9.59 Å². The fourth-order valence-electron chi connectivity index (χ4n) is 3.45. The molecule has 0 bridgehead atoms. The lowest BCUT2D eigenvalue weighted by Crippen LogP contribution is -2.42. The molecule has 1 aliphatic heterocycles. The van der Waals surface area contributed by atoms with Gasteiger partial charge in [-0.2, -0.15) is 0 Å². The van der Waals surface area contributed by atoms with Crippen molar-refractivity contribution in [1.29, 1.82) is 0 Å². The zero-order valence-electron chi connectivity index (χ0n) is 16.0. The van der Waals surface area contributed by atoms with E-state index in [0.29, 0.717) is 23.6 Å². The van der Waals surface area contributed by atoms with Crippen molar-refractivity contribution < 1.29 is 14.3 Å². The number of ether oxygens (including phenoxy) is 1. The molecule has 0 aromatic heterocycles. The number of benzene rings is 2. The molecular weight excluding hydrogens is 354 g/mol. The summed E-state index contributed by atoms with van der Waals surface area (Å²) in [7, 11) is 0. The maximum absolute atomic E-state index is 12.6. The lowest BCUT2D eigenvalue weighted by atomic mass is 9.97. The third-order valence-electron chi connectivity index (χ3n) is 4.95. The monoisotopic (exact) mass is 381 g/mol. The number of primary amides is 1. The van der Waals surface area contributed by atoms with Gasteiger partial charge in [0.2, 0.25) is 5.91 Å². The Morgan fingerprint density at radius 2 is 1.86 bits per heavy atom. The van der Waals surface area contributed by atoms with Crippen LogP contribution in [0.2, 0.25) is 0 Å². The molecule has 1 aliphatic rings. The Balaban J connectivity index is 1.48. The van der Waals surface area contributed by atoms with E-state index in [0.717, 1.165) is 38.9 Å². The van der Waals surface area contributed by atoms with Crippen molar-refractivity contribution in [1.82, 2.24) is 10.2 Å². The summed E-state index contributed by atoms with van der Waals surface area (Å²) in [5, 5.41) is 2.96. The van der Waals surface area contributed by atoms with Gasteiger partial charge in [0, 0.05) is 13.1 Å². The van der Waals surface area contributed by atoms with E-state index in [4.69, 9.17) is 10.5 Å². The average molecular weight is 381 g/mol. The molecule has 0 aliphatic carbocycles. The fraction of sp³-hybridized carbons (Fsp3) is 0.364. The average Bonchev–Trinajstić information content (AvgIpc) is 2.72. The second-order valence-corrected chi connectivity index (χ2v) is 7.06. The van der Waals surface area contributed by atoms with E-state index in [1.165, 1.54) is 0 Å². The van der Waals surface area contributed by atoms with Gasteiger partial charge in [0.05, 0.1) is 11.5 Å². The zero-order valence-corrected chi connectivity index (χ0v) is 16.0. The smallest absolute Gasteiger partial charge is 0.255 e. The normalized spacial score (nSPS) is 17.1. The molecule has 148 valence electrons. The third kappa shape index (κ3) is 5.57. The molecule has 0 spiro atoms. The van der Waals surface area contributed by atoms with Crippen LogP contribution in [-0.2, 0) is 4.79 Å². The molecule has 2 amide bonds.